The summed E-state index contributed by atoms with van der Waals surface area (Å²) in [4.78, 5) is 16.8. The van der Waals surface area contributed by atoms with Crippen molar-refractivity contribution >= 4 is 10.9 Å². The van der Waals surface area contributed by atoms with Crippen molar-refractivity contribution < 1.29 is 13.9 Å². The van der Waals surface area contributed by atoms with E-state index in [1.165, 1.54) is 12.8 Å². The zero-order valence-corrected chi connectivity index (χ0v) is 11.8. The summed E-state index contributed by atoms with van der Waals surface area (Å²) in [5.74, 6) is 2.11. The molecule has 2 aromatic rings. The van der Waals surface area contributed by atoms with E-state index in [2.05, 4.69) is 4.98 Å². The maximum Gasteiger partial charge on any atom is 0.346 e. The highest BCUT2D eigenvalue weighted by molar-refractivity contribution is 5.81. The van der Waals surface area contributed by atoms with E-state index < -0.39 is 0 Å². The highest BCUT2D eigenvalue weighted by Gasteiger charge is 2.23. The summed E-state index contributed by atoms with van der Waals surface area (Å²) in [7, 11) is 0. The molecule has 4 rings (SSSR count). The lowest BCUT2D eigenvalue weighted by molar-refractivity contribution is 0.297. The van der Waals surface area contributed by atoms with Gasteiger partial charge in [-0.05, 0) is 12.8 Å². The summed E-state index contributed by atoms with van der Waals surface area (Å²) in [6.45, 7) is 1.22. The van der Waals surface area contributed by atoms with Gasteiger partial charge < -0.3 is 13.9 Å². The van der Waals surface area contributed by atoms with Crippen LogP contribution in [0.2, 0.25) is 0 Å². The Morgan fingerprint density at radius 2 is 1.71 bits per heavy atom. The Balaban J connectivity index is 1.85. The lowest BCUT2D eigenvalue weighted by Gasteiger charge is -2.10. The molecule has 5 heteroatoms. The van der Waals surface area contributed by atoms with E-state index in [0.29, 0.717) is 41.5 Å². The van der Waals surface area contributed by atoms with Gasteiger partial charge >= 0.3 is 5.63 Å². The molecule has 1 fully saturated rings. The smallest absolute Gasteiger partial charge is 0.346 e. The van der Waals surface area contributed by atoms with Gasteiger partial charge in [-0.25, -0.2) is 9.78 Å². The molecule has 0 amide bonds. The molecule has 21 heavy (non-hydrogen) atoms. The van der Waals surface area contributed by atoms with E-state index in [-0.39, 0.29) is 11.5 Å². The molecule has 0 unspecified atom stereocenters. The van der Waals surface area contributed by atoms with Gasteiger partial charge in [-0.3, -0.25) is 0 Å². The highest BCUT2D eigenvalue weighted by Crippen LogP contribution is 2.35. The van der Waals surface area contributed by atoms with Gasteiger partial charge in [-0.15, -0.1) is 0 Å². The fraction of sp³-hybridized carbons (Fsp3) is 0.500. The topological polar surface area (TPSA) is 61.6 Å². The van der Waals surface area contributed by atoms with Crippen molar-refractivity contribution in [1.82, 2.24) is 4.98 Å². The number of rotatable bonds is 1. The Morgan fingerprint density at radius 3 is 2.48 bits per heavy atom. The van der Waals surface area contributed by atoms with E-state index in [9.17, 15) is 4.79 Å². The maximum absolute atomic E-state index is 12.2. The Morgan fingerprint density at radius 1 is 1.00 bits per heavy atom. The number of ether oxygens (including phenoxy) is 2. The fourth-order valence-corrected chi connectivity index (χ4v) is 3.09. The Bertz CT molecular complexity index is 731. The molecule has 1 aromatic heterocycles. The van der Waals surface area contributed by atoms with Crippen LogP contribution in [0.4, 0.5) is 0 Å². The third-order valence-electron chi connectivity index (χ3n) is 4.22. The Labute approximate surface area is 121 Å². The van der Waals surface area contributed by atoms with Crippen molar-refractivity contribution in [3.05, 3.63) is 28.4 Å². The van der Waals surface area contributed by atoms with Crippen LogP contribution in [0.5, 0.6) is 11.5 Å². The van der Waals surface area contributed by atoms with Gasteiger partial charge in [0.25, 0.3) is 0 Å². The van der Waals surface area contributed by atoms with Gasteiger partial charge in [-0.2, -0.15) is 0 Å². The molecule has 1 aliphatic heterocycles. The zero-order valence-electron chi connectivity index (χ0n) is 11.8. The third kappa shape index (κ3) is 2.26. The van der Waals surface area contributed by atoms with Gasteiger partial charge in [0, 0.05) is 24.5 Å². The van der Waals surface area contributed by atoms with Crippen LogP contribution in [0.15, 0.2) is 21.3 Å². The molecule has 0 N–H and O–H groups in total. The number of fused-ring (bicyclic) bond motifs is 2. The van der Waals surface area contributed by atoms with Crippen LogP contribution in [-0.4, -0.2) is 18.2 Å². The van der Waals surface area contributed by atoms with E-state index in [4.69, 9.17) is 13.9 Å². The van der Waals surface area contributed by atoms with Gasteiger partial charge in [0.2, 0.25) is 5.89 Å². The average molecular weight is 287 g/mol. The van der Waals surface area contributed by atoms with Crippen LogP contribution >= 0.6 is 0 Å². The molecular formula is C16H17NO4. The Kier molecular flexibility index (Phi) is 3.05. The molecular weight excluding hydrogens is 270 g/mol. The van der Waals surface area contributed by atoms with E-state index in [1.807, 2.05) is 0 Å². The first-order chi connectivity index (χ1) is 10.3. The maximum atomic E-state index is 12.2. The van der Waals surface area contributed by atoms with Crippen LogP contribution in [-0.2, 0) is 0 Å². The minimum Gasteiger partial charge on any atom is -0.490 e. The van der Waals surface area contributed by atoms with Gasteiger partial charge in [0.05, 0.1) is 24.1 Å². The first kappa shape index (κ1) is 12.7. The fourth-order valence-electron chi connectivity index (χ4n) is 3.09. The summed E-state index contributed by atoms with van der Waals surface area (Å²) >= 11 is 0. The number of benzene rings is 1. The molecule has 1 aromatic carbocycles. The molecule has 5 nitrogen and oxygen atoms in total. The predicted octanol–water partition coefficient (Wildman–Crippen LogP) is 3.01. The average Bonchev–Trinajstić information content (AvgIpc) is 2.92. The molecule has 0 radical (unpaired) electrons. The number of hydrogen-bond donors (Lipinski definition) is 0. The highest BCUT2D eigenvalue weighted by atomic mass is 16.5. The third-order valence-corrected chi connectivity index (χ3v) is 4.22. The molecule has 1 saturated carbocycles. The van der Waals surface area contributed by atoms with Crippen LogP contribution in [0, 0.1) is 0 Å². The predicted molar refractivity (Wildman–Crippen MR) is 77.1 cm³/mol. The van der Waals surface area contributed by atoms with Crippen molar-refractivity contribution in [3.63, 3.8) is 0 Å². The second-order valence-electron chi connectivity index (χ2n) is 5.69. The summed E-state index contributed by atoms with van der Waals surface area (Å²) in [6, 6.07) is 3.48. The standard InChI is InChI=1S/C16H17NO4/c18-16-11-8-13-14(20-7-3-6-19-13)9-12(11)17-15(21-16)10-4-1-2-5-10/h8-10H,1-7H2. The van der Waals surface area contributed by atoms with E-state index >= 15 is 0 Å². The summed E-state index contributed by atoms with van der Waals surface area (Å²) < 4.78 is 16.7. The van der Waals surface area contributed by atoms with Crippen LogP contribution in [0.1, 0.15) is 43.9 Å². The van der Waals surface area contributed by atoms with E-state index in [0.717, 1.165) is 19.3 Å². The largest absolute Gasteiger partial charge is 0.490 e. The second kappa shape index (κ2) is 5.06. The molecule has 0 spiro atoms. The number of hydrogen-bond acceptors (Lipinski definition) is 5. The van der Waals surface area contributed by atoms with Gasteiger partial charge in [-0.1, -0.05) is 12.8 Å². The summed E-state index contributed by atoms with van der Waals surface area (Å²) in [5.41, 5.74) is 0.301. The van der Waals surface area contributed by atoms with Gasteiger partial charge in [0.15, 0.2) is 11.5 Å². The zero-order chi connectivity index (χ0) is 14.2. The molecule has 2 heterocycles. The summed E-state index contributed by atoms with van der Waals surface area (Å²) in [5, 5.41) is 0.459. The first-order valence-corrected chi connectivity index (χ1v) is 7.56. The van der Waals surface area contributed by atoms with Crippen molar-refractivity contribution in [1.29, 1.82) is 0 Å². The first-order valence-electron chi connectivity index (χ1n) is 7.56. The quantitative estimate of drug-likeness (QED) is 0.806. The van der Waals surface area contributed by atoms with Crippen LogP contribution in [0.25, 0.3) is 10.9 Å². The lowest BCUT2D eigenvalue weighted by atomic mass is 10.1. The van der Waals surface area contributed by atoms with Crippen molar-refractivity contribution in [2.75, 3.05) is 13.2 Å². The minimum atomic E-state index is -0.336. The molecule has 1 aliphatic carbocycles. The summed E-state index contributed by atoms with van der Waals surface area (Å²) in [6.07, 6.45) is 5.28. The Hall–Kier alpha value is -2.04. The molecule has 2 aliphatic rings. The SMILES string of the molecule is O=c1oc(C2CCCC2)nc2cc3c(cc12)OCCCO3. The van der Waals surface area contributed by atoms with Crippen LogP contribution < -0.4 is 15.1 Å². The van der Waals surface area contributed by atoms with Crippen molar-refractivity contribution in [2.45, 2.75) is 38.0 Å². The molecule has 0 saturated heterocycles. The van der Waals surface area contributed by atoms with Crippen molar-refractivity contribution in [2.24, 2.45) is 0 Å². The molecule has 0 atom stereocenters. The number of aromatic nitrogens is 1. The molecule has 110 valence electrons. The normalized spacial score (nSPS) is 18.9. The monoisotopic (exact) mass is 287 g/mol. The number of nitrogens with zero attached hydrogens (tertiary/aromatic N) is 1. The van der Waals surface area contributed by atoms with E-state index in [1.54, 1.807) is 12.1 Å². The van der Waals surface area contributed by atoms with Crippen molar-refractivity contribution in [3.8, 4) is 11.5 Å². The minimum absolute atomic E-state index is 0.276. The lowest BCUT2D eigenvalue weighted by Crippen LogP contribution is -2.08. The molecule has 0 bridgehead atoms. The van der Waals surface area contributed by atoms with Crippen LogP contribution in [0.3, 0.4) is 0 Å². The second-order valence-corrected chi connectivity index (χ2v) is 5.69. The van der Waals surface area contributed by atoms with Gasteiger partial charge in [0.1, 0.15) is 0 Å².